The maximum absolute atomic E-state index is 11.8. The second kappa shape index (κ2) is 9.10. The van der Waals surface area contributed by atoms with Crippen LogP contribution in [0.5, 0.6) is 0 Å². The van der Waals surface area contributed by atoms with Gasteiger partial charge in [0, 0.05) is 22.6 Å². The molecule has 0 spiro atoms. The Labute approximate surface area is 129 Å². The normalized spacial score (nSPS) is 13.8. The Morgan fingerprint density at radius 2 is 2.00 bits per heavy atom. The van der Waals surface area contributed by atoms with Crippen LogP contribution in [0, 0.1) is 0 Å². The van der Waals surface area contributed by atoms with Gasteiger partial charge in [0.1, 0.15) is 0 Å². The van der Waals surface area contributed by atoms with E-state index in [0.717, 1.165) is 29.5 Å². The Bertz CT molecular complexity index is 409. The summed E-state index contributed by atoms with van der Waals surface area (Å²) in [6.07, 6.45) is 1.64. The number of aliphatic hydroxyl groups is 1. The number of aliphatic hydroxyl groups excluding tert-OH is 1. The van der Waals surface area contributed by atoms with Gasteiger partial charge in [-0.05, 0) is 50.6 Å². The Hall–Kier alpha value is -0.910. The minimum absolute atomic E-state index is 0.0108. The number of hydrogen-bond acceptors (Lipinski definition) is 3. The summed E-state index contributed by atoms with van der Waals surface area (Å²) in [5, 5.41) is 15.6. The molecule has 5 heteroatoms. The lowest BCUT2D eigenvalue weighted by molar-refractivity contribution is -0.116. The van der Waals surface area contributed by atoms with E-state index in [4.69, 9.17) is 0 Å². The second-order valence-electron chi connectivity index (χ2n) is 4.97. The van der Waals surface area contributed by atoms with Gasteiger partial charge in [0.25, 0.3) is 0 Å². The van der Waals surface area contributed by atoms with Crippen molar-refractivity contribution in [2.45, 2.75) is 45.3 Å². The third-order valence-electron chi connectivity index (χ3n) is 3.06. The van der Waals surface area contributed by atoms with Crippen LogP contribution in [0.4, 0.5) is 5.69 Å². The fourth-order valence-corrected chi connectivity index (χ4v) is 2.06. The van der Waals surface area contributed by atoms with Gasteiger partial charge in [-0.25, -0.2) is 0 Å². The van der Waals surface area contributed by atoms with Gasteiger partial charge in [0.15, 0.2) is 0 Å². The molecule has 0 radical (unpaired) electrons. The van der Waals surface area contributed by atoms with Gasteiger partial charge in [-0.15, -0.1) is 0 Å². The molecule has 1 rings (SSSR count). The lowest BCUT2D eigenvalue weighted by Crippen LogP contribution is -2.32. The van der Waals surface area contributed by atoms with E-state index in [1.54, 1.807) is 0 Å². The van der Waals surface area contributed by atoms with Crippen LogP contribution in [0.25, 0.3) is 0 Å². The molecule has 1 amide bonds. The van der Waals surface area contributed by atoms with Crippen LogP contribution in [-0.2, 0) is 4.79 Å². The number of halogens is 1. The SMILES string of the molecule is CCC(O)CCNC(C)CC(=O)Nc1ccc(Br)cc1. The van der Waals surface area contributed by atoms with Crippen LogP contribution in [0.1, 0.15) is 33.1 Å². The lowest BCUT2D eigenvalue weighted by Gasteiger charge is -2.15. The molecule has 0 aliphatic rings. The van der Waals surface area contributed by atoms with Gasteiger partial charge in [0.2, 0.25) is 5.91 Å². The Morgan fingerprint density at radius 3 is 2.60 bits per heavy atom. The zero-order chi connectivity index (χ0) is 15.0. The molecule has 0 aromatic heterocycles. The third-order valence-corrected chi connectivity index (χ3v) is 3.59. The standard InChI is InChI=1S/C15H23BrN2O2/c1-3-14(19)8-9-17-11(2)10-15(20)18-13-6-4-12(16)5-7-13/h4-7,11,14,17,19H,3,8-10H2,1-2H3,(H,18,20). The Balaban J connectivity index is 2.25. The molecule has 2 unspecified atom stereocenters. The molecule has 20 heavy (non-hydrogen) atoms. The van der Waals surface area contributed by atoms with Crippen molar-refractivity contribution in [3.05, 3.63) is 28.7 Å². The minimum Gasteiger partial charge on any atom is -0.393 e. The topological polar surface area (TPSA) is 61.4 Å². The highest BCUT2D eigenvalue weighted by Crippen LogP contribution is 2.14. The smallest absolute Gasteiger partial charge is 0.225 e. The fourth-order valence-electron chi connectivity index (χ4n) is 1.80. The molecule has 0 aliphatic heterocycles. The third kappa shape index (κ3) is 7.03. The molecule has 0 saturated carbocycles. The summed E-state index contributed by atoms with van der Waals surface area (Å²) >= 11 is 3.35. The lowest BCUT2D eigenvalue weighted by atomic mass is 10.1. The molecule has 1 aromatic rings. The molecule has 112 valence electrons. The maximum atomic E-state index is 11.8. The zero-order valence-electron chi connectivity index (χ0n) is 12.0. The molecular weight excluding hydrogens is 320 g/mol. The van der Waals surface area contributed by atoms with E-state index in [2.05, 4.69) is 26.6 Å². The van der Waals surface area contributed by atoms with Crippen LogP contribution in [-0.4, -0.2) is 29.7 Å². The molecule has 0 heterocycles. The van der Waals surface area contributed by atoms with Gasteiger partial charge in [-0.1, -0.05) is 22.9 Å². The largest absolute Gasteiger partial charge is 0.393 e. The number of carbonyl (C=O) groups excluding carboxylic acids is 1. The molecule has 2 atom stereocenters. The summed E-state index contributed by atoms with van der Waals surface area (Å²) in [5.74, 6) is -0.0108. The van der Waals surface area contributed by atoms with Crippen LogP contribution in [0.15, 0.2) is 28.7 Å². The first kappa shape index (κ1) is 17.1. The second-order valence-corrected chi connectivity index (χ2v) is 5.88. The Kier molecular flexibility index (Phi) is 7.80. The highest BCUT2D eigenvalue weighted by Gasteiger charge is 2.09. The molecule has 1 aromatic carbocycles. The predicted molar refractivity (Wildman–Crippen MR) is 85.8 cm³/mol. The fraction of sp³-hybridized carbons (Fsp3) is 0.533. The quantitative estimate of drug-likeness (QED) is 0.680. The van der Waals surface area contributed by atoms with Crippen molar-refractivity contribution in [3.8, 4) is 0 Å². The number of nitrogens with one attached hydrogen (secondary N) is 2. The number of rotatable bonds is 8. The summed E-state index contributed by atoms with van der Waals surface area (Å²) in [7, 11) is 0. The number of anilines is 1. The first-order valence-corrected chi connectivity index (χ1v) is 7.77. The van der Waals surface area contributed by atoms with Crippen LogP contribution < -0.4 is 10.6 Å². The first-order valence-electron chi connectivity index (χ1n) is 6.98. The summed E-state index contributed by atoms with van der Waals surface area (Å²) in [6, 6.07) is 7.59. The maximum Gasteiger partial charge on any atom is 0.225 e. The molecule has 0 aliphatic carbocycles. The summed E-state index contributed by atoms with van der Waals surface area (Å²) < 4.78 is 0.986. The van der Waals surface area contributed by atoms with E-state index >= 15 is 0 Å². The van der Waals surface area contributed by atoms with Gasteiger partial charge in [-0.2, -0.15) is 0 Å². The average Bonchev–Trinajstić information content (AvgIpc) is 2.41. The van der Waals surface area contributed by atoms with E-state index in [9.17, 15) is 9.90 Å². The van der Waals surface area contributed by atoms with Gasteiger partial charge in [-0.3, -0.25) is 4.79 Å². The highest BCUT2D eigenvalue weighted by molar-refractivity contribution is 9.10. The molecule has 4 nitrogen and oxygen atoms in total. The number of carbonyl (C=O) groups is 1. The van der Waals surface area contributed by atoms with Crippen molar-refractivity contribution in [1.82, 2.24) is 5.32 Å². The van der Waals surface area contributed by atoms with Gasteiger partial charge in [0.05, 0.1) is 6.10 Å². The predicted octanol–water partition coefficient (Wildman–Crippen LogP) is 2.92. The molecule has 3 N–H and O–H groups in total. The average molecular weight is 343 g/mol. The molecule has 0 saturated heterocycles. The summed E-state index contributed by atoms with van der Waals surface area (Å²) in [6.45, 7) is 4.65. The van der Waals surface area contributed by atoms with Crippen molar-refractivity contribution in [2.75, 3.05) is 11.9 Å². The van der Waals surface area contributed by atoms with Crippen molar-refractivity contribution in [2.24, 2.45) is 0 Å². The van der Waals surface area contributed by atoms with Crippen molar-refractivity contribution in [1.29, 1.82) is 0 Å². The monoisotopic (exact) mass is 342 g/mol. The van der Waals surface area contributed by atoms with Crippen molar-refractivity contribution >= 4 is 27.5 Å². The van der Waals surface area contributed by atoms with Crippen LogP contribution in [0.3, 0.4) is 0 Å². The summed E-state index contributed by atoms with van der Waals surface area (Å²) in [4.78, 5) is 11.8. The van der Waals surface area contributed by atoms with E-state index in [1.807, 2.05) is 38.1 Å². The van der Waals surface area contributed by atoms with E-state index in [0.29, 0.717) is 6.42 Å². The van der Waals surface area contributed by atoms with Gasteiger partial charge >= 0.3 is 0 Å². The molecule has 0 bridgehead atoms. The number of benzene rings is 1. The van der Waals surface area contributed by atoms with E-state index < -0.39 is 0 Å². The van der Waals surface area contributed by atoms with Crippen LogP contribution >= 0.6 is 15.9 Å². The number of hydrogen-bond donors (Lipinski definition) is 3. The van der Waals surface area contributed by atoms with Crippen LogP contribution in [0.2, 0.25) is 0 Å². The highest BCUT2D eigenvalue weighted by atomic mass is 79.9. The van der Waals surface area contributed by atoms with Crippen molar-refractivity contribution < 1.29 is 9.90 Å². The van der Waals surface area contributed by atoms with Gasteiger partial charge < -0.3 is 15.7 Å². The van der Waals surface area contributed by atoms with Crippen molar-refractivity contribution in [3.63, 3.8) is 0 Å². The molecule has 0 fully saturated rings. The van der Waals surface area contributed by atoms with E-state index in [1.165, 1.54) is 0 Å². The van der Waals surface area contributed by atoms with E-state index in [-0.39, 0.29) is 18.1 Å². The summed E-state index contributed by atoms with van der Waals surface area (Å²) in [5.41, 5.74) is 0.798. The minimum atomic E-state index is -0.258. The number of amides is 1. The first-order chi connectivity index (χ1) is 9.51. The zero-order valence-corrected chi connectivity index (χ0v) is 13.6. The Morgan fingerprint density at radius 1 is 1.35 bits per heavy atom. The molecular formula is C15H23BrN2O2.